The first-order chi connectivity index (χ1) is 9.61. The normalized spacial score (nSPS) is 12.5. The quantitative estimate of drug-likeness (QED) is 0.824. The van der Waals surface area contributed by atoms with Crippen molar-refractivity contribution >= 4 is 50.4 Å². The van der Waals surface area contributed by atoms with E-state index in [9.17, 15) is 9.90 Å². The lowest BCUT2D eigenvalue weighted by molar-refractivity contribution is -0.600. The molecule has 7 heteroatoms. The topological polar surface area (TPSA) is 79.7 Å². The van der Waals surface area contributed by atoms with E-state index in [-0.39, 0.29) is 0 Å². The van der Waals surface area contributed by atoms with Gasteiger partial charge in [-0.2, -0.15) is 16.7 Å². The number of rotatable bonds is 6. The number of aliphatic carboxylic acids is 1. The number of halogens is 1. The lowest BCUT2D eigenvalue weighted by atomic mass is 10.2. The summed E-state index contributed by atoms with van der Waals surface area (Å²) >= 11 is 5.05. The predicted octanol–water partition coefficient (Wildman–Crippen LogP) is 1.79. The molecule has 1 unspecified atom stereocenters. The third-order valence-electron chi connectivity index (χ3n) is 2.94. The minimum absolute atomic E-state index is 0.528. The fourth-order valence-electron chi connectivity index (χ4n) is 1.90. The van der Waals surface area contributed by atoms with Crippen LogP contribution in [0.1, 0.15) is 6.42 Å². The van der Waals surface area contributed by atoms with Gasteiger partial charge in [0.25, 0.3) is 0 Å². The van der Waals surface area contributed by atoms with Crippen molar-refractivity contribution in [3.63, 3.8) is 0 Å². The number of hydrogen-bond donors (Lipinski definition) is 2. The zero-order chi connectivity index (χ0) is 14.5. The van der Waals surface area contributed by atoms with Gasteiger partial charge in [0.15, 0.2) is 6.04 Å². The van der Waals surface area contributed by atoms with E-state index in [0.717, 1.165) is 21.1 Å². The van der Waals surface area contributed by atoms with Crippen molar-refractivity contribution in [2.24, 2.45) is 0 Å². The highest BCUT2D eigenvalue weighted by atomic mass is 79.9. The SMILES string of the molecule is CSCCC([NH2+]c1ncnc2ccc(Br)cc12)C(=O)O. The molecular weight excluding hydrogens is 342 g/mol. The lowest BCUT2D eigenvalue weighted by Gasteiger charge is -2.10. The van der Waals surface area contributed by atoms with Crippen molar-refractivity contribution < 1.29 is 15.2 Å². The second-order valence-electron chi connectivity index (χ2n) is 4.31. The first kappa shape index (κ1) is 15.2. The van der Waals surface area contributed by atoms with Gasteiger partial charge in [0.05, 0.1) is 10.9 Å². The maximum absolute atomic E-state index is 11.3. The van der Waals surface area contributed by atoms with Crippen LogP contribution in [0.5, 0.6) is 0 Å². The summed E-state index contributed by atoms with van der Waals surface area (Å²) < 4.78 is 0.922. The summed E-state index contributed by atoms with van der Waals surface area (Å²) in [4.78, 5) is 19.7. The third-order valence-corrected chi connectivity index (χ3v) is 4.07. The smallest absolute Gasteiger partial charge is 0.362 e. The third kappa shape index (κ3) is 3.68. The number of thioether (sulfide) groups is 1. The van der Waals surface area contributed by atoms with Gasteiger partial charge in [0.2, 0.25) is 5.82 Å². The Morgan fingerprint density at radius 1 is 1.50 bits per heavy atom. The van der Waals surface area contributed by atoms with E-state index in [1.165, 1.54) is 6.33 Å². The number of carboxylic acid groups (broad SMARTS) is 1. The molecule has 0 bridgehead atoms. The van der Waals surface area contributed by atoms with Crippen molar-refractivity contribution in [3.05, 3.63) is 29.0 Å². The first-order valence-corrected chi connectivity index (χ1v) is 8.27. The summed E-state index contributed by atoms with van der Waals surface area (Å²) in [5.41, 5.74) is 0.809. The molecular formula is C13H15BrN3O2S+. The number of carbonyl (C=O) groups is 1. The maximum atomic E-state index is 11.3. The molecule has 0 saturated heterocycles. The minimum Gasteiger partial charge on any atom is -0.477 e. The summed E-state index contributed by atoms with van der Waals surface area (Å²) in [6.07, 6.45) is 4.03. The highest BCUT2D eigenvalue weighted by molar-refractivity contribution is 9.10. The van der Waals surface area contributed by atoms with Gasteiger partial charge < -0.3 is 5.11 Å². The average Bonchev–Trinajstić information content (AvgIpc) is 2.43. The molecule has 2 aromatic rings. The summed E-state index contributed by atoms with van der Waals surface area (Å²) in [5.74, 6) is 0.658. The zero-order valence-electron chi connectivity index (χ0n) is 10.9. The number of nitrogens with two attached hydrogens (primary N) is 1. The molecule has 3 N–H and O–H groups in total. The molecule has 0 amide bonds. The highest BCUT2D eigenvalue weighted by Gasteiger charge is 2.23. The van der Waals surface area contributed by atoms with Crippen LogP contribution < -0.4 is 5.32 Å². The Morgan fingerprint density at radius 2 is 2.30 bits per heavy atom. The monoisotopic (exact) mass is 356 g/mol. The lowest BCUT2D eigenvalue weighted by Crippen LogP contribution is -2.87. The summed E-state index contributed by atoms with van der Waals surface area (Å²) in [6.45, 7) is 0. The number of aromatic nitrogens is 2. The van der Waals surface area contributed by atoms with Gasteiger partial charge >= 0.3 is 5.97 Å². The number of benzene rings is 1. The molecule has 1 aromatic carbocycles. The Labute approximate surface area is 129 Å². The van der Waals surface area contributed by atoms with Crippen molar-refractivity contribution in [2.45, 2.75) is 12.5 Å². The van der Waals surface area contributed by atoms with E-state index < -0.39 is 12.0 Å². The molecule has 0 fully saturated rings. The molecule has 0 spiro atoms. The van der Waals surface area contributed by atoms with Crippen LogP contribution in [0.15, 0.2) is 29.0 Å². The number of nitrogens with zero attached hydrogens (tertiary/aromatic N) is 2. The van der Waals surface area contributed by atoms with Gasteiger partial charge in [0, 0.05) is 10.9 Å². The molecule has 20 heavy (non-hydrogen) atoms. The molecule has 0 aliphatic rings. The van der Waals surface area contributed by atoms with E-state index in [0.29, 0.717) is 12.2 Å². The molecule has 106 valence electrons. The Balaban J connectivity index is 2.31. The van der Waals surface area contributed by atoms with Crippen LogP contribution in [0.25, 0.3) is 10.9 Å². The second kappa shape index (κ2) is 7.01. The van der Waals surface area contributed by atoms with Crippen LogP contribution in [-0.2, 0) is 4.79 Å². The molecule has 1 aromatic heterocycles. The summed E-state index contributed by atoms with van der Waals surface area (Å²) in [7, 11) is 0. The van der Waals surface area contributed by atoms with Gasteiger partial charge in [-0.25, -0.2) is 9.78 Å². The first-order valence-electron chi connectivity index (χ1n) is 6.08. The Kier molecular flexibility index (Phi) is 5.33. The molecule has 1 heterocycles. The van der Waals surface area contributed by atoms with Gasteiger partial charge in [-0.3, -0.25) is 5.32 Å². The summed E-state index contributed by atoms with van der Waals surface area (Å²) in [6, 6.07) is 5.17. The number of carboxylic acids is 1. The molecule has 0 aliphatic heterocycles. The van der Waals surface area contributed by atoms with Crippen molar-refractivity contribution in [2.75, 3.05) is 12.0 Å². The average molecular weight is 357 g/mol. The van der Waals surface area contributed by atoms with E-state index >= 15 is 0 Å². The second-order valence-corrected chi connectivity index (χ2v) is 6.21. The Bertz CT molecular complexity index is 624. The maximum Gasteiger partial charge on any atom is 0.362 e. The molecule has 5 nitrogen and oxygen atoms in total. The molecule has 2 rings (SSSR count). The standard InChI is InChI=1S/C13H14BrN3O2S/c1-20-5-4-11(13(18)19)17-12-9-6-8(14)2-3-10(9)15-7-16-12/h2-3,6-7,11H,4-5H2,1H3,(H,18,19)(H,15,16,17)/p+1. The summed E-state index contributed by atoms with van der Waals surface area (Å²) in [5, 5.41) is 11.9. The van der Waals surface area contributed by atoms with Gasteiger partial charge in [0.1, 0.15) is 6.33 Å². The van der Waals surface area contributed by atoms with E-state index in [4.69, 9.17) is 0 Å². The van der Waals surface area contributed by atoms with Crippen molar-refractivity contribution in [1.29, 1.82) is 0 Å². The Morgan fingerprint density at radius 3 is 3.00 bits per heavy atom. The van der Waals surface area contributed by atoms with Crippen LogP contribution in [0.4, 0.5) is 5.82 Å². The number of hydrogen-bond acceptors (Lipinski definition) is 4. The van der Waals surface area contributed by atoms with Gasteiger partial charge in [-0.05, 0) is 30.2 Å². The molecule has 1 atom stereocenters. The van der Waals surface area contributed by atoms with E-state index in [1.807, 2.05) is 24.5 Å². The van der Waals surface area contributed by atoms with E-state index in [2.05, 4.69) is 25.9 Å². The van der Waals surface area contributed by atoms with Crippen LogP contribution >= 0.6 is 27.7 Å². The van der Waals surface area contributed by atoms with Gasteiger partial charge in [-0.15, -0.1) is 0 Å². The van der Waals surface area contributed by atoms with Gasteiger partial charge in [-0.1, -0.05) is 15.9 Å². The molecule has 0 saturated carbocycles. The zero-order valence-corrected chi connectivity index (χ0v) is 13.3. The van der Waals surface area contributed by atoms with Crippen LogP contribution in [0, 0.1) is 0 Å². The van der Waals surface area contributed by atoms with Crippen LogP contribution in [0.2, 0.25) is 0 Å². The fourth-order valence-corrected chi connectivity index (χ4v) is 2.75. The predicted molar refractivity (Wildman–Crippen MR) is 83.2 cm³/mol. The number of fused-ring (bicyclic) bond motifs is 1. The van der Waals surface area contributed by atoms with Crippen molar-refractivity contribution in [1.82, 2.24) is 9.97 Å². The van der Waals surface area contributed by atoms with E-state index in [1.54, 1.807) is 17.1 Å². The number of quaternary nitrogens is 1. The van der Waals surface area contributed by atoms with Crippen molar-refractivity contribution in [3.8, 4) is 0 Å². The molecule has 0 radical (unpaired) electrons. The molecule has 0 aliphatic carbocycles. The largest absolute Gasteiger partial charge is 0.477 e. The fraction of sp³-hybridized carbons (Fsp3) is 0.308. The van der Waals surface area contributed by atoms with Crippen LogP contribution in [0.3, 0.4) is 0 Å². The van der Waals surface area contributed by atoms with Crippen LogP contribution in [-0.4, -0.2) is 39.1 Å². The Hall–Kier alpha value is -1.18. The minimum atomic E-state index is -0.819. The highest BCUT2D eigenvalue weighted by Crippen LogP contribution is 2.20.